The predicted octanol–water partition coefficient (Wildman–Crippen LogP) is 3.21. The zero-order valence-electron chi connectivity index (χ0n) is 12.6. The maximum absolute atomic E-state index is 12.0. The Balaban J connectivity index is 1.78. The van der Waals surface area contributed by atoms with Crippen LogP contribution in [0.15, 0.2) is 41.1 Å². The molecule has 1 unspecified atom stereocenters. The van der Waals surface area contributed by atoms with E-state index in [0.717, 1.165) is 10.0 Å². The first-order chi connectivity index (χ1) is 11.0. The molecule has 0 fully saturated rings. The Morgan fingerprint density at radius 2 is 2.22 bits per heavy atom. The van der Waals surface area contributed by atoms with Crippen molar-refractivity contribution in [2.45, 2.75) is 32.4 Å². The number of amides is 1. The van der Waals surface area contributed by atoms with E-state index in [-0.39, 0.29) is 17.6 Å². The van der Waals surface area contributed by atoms with E-state index in [0.29, 0.717) is 19.4 Å². The van der Waals surface area contributed by atoms with Gasteiger partial charge >= 0.3 is 5.69 Å². The number of halogens is 1. The molecule has 1 heterocycles. The molecule has 1 amide bonds. The Bertz CT molecular complexity index is 702. The molecular formula is C15H17BrN4O3. The molecule has 1 aromatic heterocycles. The molecule has 1 aromatic carbocycles. The minimum atomic E-state index is -0.490. The van der Waals surface area contributed by atoms with Crippen LogP contribution in [-0.4, -0.2) is 20.6 Å². The molecule has 0 saturated carbocycles. The lowest BCUT2D eigenvalue weighted by Crippen LogP contribution is -2.26. The molecule has 0 spiro atoms. The molecule has 0 bridgehead atoms. The Morgan fingerprint density at radius 3 is 2.87 bits per heavy atom. The molecule has 1 N–H and O–H groups in total. The van der Waals surface area contributed by atoms with Crippen LogP contribution in [0.2, 0.25) is 0 Å². The fourth-order valence-corrected chi connectivity index (χ4v) is 2.82. The number of hydrogen-bond acceptors (Lipinski definition) is 4. The van der Waals surface area contributed by atoms with Gasteiger partial charge in [-0.05, 0) is 25.0 Å². The summed E-state index contributed by atoms with van der Waals surface area (Å²) in [5.41, 5.74) is 0.973. The van der Waals surface area contributed by atoms with E-state index >= 15 is 0 Å². The number of nitrogens with one attached hydrogen (secondary N) is 1. The van der Waals surface area contributed by atoms with Crippen LogP contribution in [0.3, 0.4) is 0 Å². The number of aryl methyl sites for hydroxylation is 1. The summed E-state index contributed by atoms with van der Waals surface area (Å²) < 4.78 is 2.43. The first kappa shape index (κ1) is 17.1. The van der Waals surface area contributed by atoms with Crippen LogP contribution in [0.1, 0.15) is 31.4 Å². The van der Waals surface area contributed by atoms with Crippen LogP contribution < -0.4 is 5.32 Å². The van der Waals surface area contributed by atoms with E-state index in [1.165, 1.54) is 17.1 Å². The van der Waals surface area contributed by atoms with Crippen LogP contribution in [0.5, 0.6) is 0 Å². The molecule has 7 nitrogen and oxygen atoms in total. The monoisotopic (exact) mass is 380 g/mol. The van der Waals surface area contributed by atoms with Gasteiger partial charge in [0.2, 0.25) is 5.91 Å². The minimum Gasteiger partial charge on any atom is -0.350 e. The largest absolute Gasteiger partial charge is 0.350 e. The number of rotatable bonds is 7. The Morgan fingerprint density at radius 1 is 1.48 bits per heavy atom. The number of carbonyl (C=O) groups excluding carboxylic acids is 1. The van der Waals surface area contributed by atoms with Gasteiger partial charge in [-0.25, -0.2) is 0 Å². The average molecular weight is 381 g/mol. The fourth-order valence-electron chi connectivity index (χ4n) is 2.19. The summed E-state index contributed by atoms with van der Waals surface area (Å²) in [5.74, 6) is -0.0603. The van der Waals surface area contributed by atoms with E-state index in [4.69, 9.17) is 0 Å². The highest BCUT2D eigenvalue weighted by atomic mass is 79.9. The molecule has 0 aliphatic rings. The van der Waals surface area contributed by atoms with Crippen molar-refractivity contribution >= 4 is 27.5 Å². The molecule has 0 radical (unpaired) electrons. The standard InChI is InChI=1S/C15H17BrN4O3/c1-11(13-5-2-3-6-14(13)16)18-15(21)7-4-8-19-10-12(9-17-19)20(22)23/h2-3,5-6,9-11H,4,7-8H2,1H3,(H,18,21). The third-order valence-corrected chi connectivity index (χ3v) is 4.09. The molecule has 0 aliphatic heterocycles. The van der Waals surface area contributed by atoms with Gasteiger partial charge in [0.15, 0.2) is 0 Å². The number of hydrogen-bond donors (Lipinski definition) is 1. The molecule has 2 rings (SSSR count). The number of benzene rings is 1. The lowest BCUT2D eigenvalue weighted by atomic mass is 10.1. The Hall–Kier alpha value is -2.22. The van der Waals surface area contributed by atoms with Gasteiger partial charge in [-0.15, -0.1) is 0 Å². The molecule has 8 heteroatoms. The van der Waals surface area contributed by atoms with Gasteiger partial charge in [0.25, 0.3) is 0 Å². The highest BCUT2D eigenvalue weighted by molar-refractivity contribution is 9.10. The van der Waals surface area contributed by atoms with Crippen molar-refractivity contribution in [2.24, 2.45) is 0 Å². The van der Waals surface area contributed by atoms with Gasteiger partial charge in [0, 0.05) is 17.4 Å². The van der Waals surface area contributed by atoms with Crippen LogP contribution >= 0.6 is 15.9 Å². The van der Waals surface area contributed by atoms with Gasteiger partial charge in [0.1, 0.15) is 12.4 Å². The summed E-state index contributed by atoms with van der Waals surface area (Å²) in [4.78, 5) is 22.1. The van der Waals surface area contributed by atoms with Crippen LogP contribution in [0.25, 0.3) is 0 Å². The van der Waals surface area contributed by atoms with E-state index in [1.807, 2.05) is 31.2 Å². The quantitative estimate of drug-likeness (QED) is 0.589. The van der Waals surface area contributed by atoms with E-state index in [9.17, 15) is 14.9 Å². The number of nitro groups is 1. The smallest absolute Gasteiger partial charge is 0.306 e. The summed E-state index contributed by atoms with van der Waals surface area (Å²) in [5, 5.41) is 17.4. The van der Waals surface area contributed by atoms with Crippen molar-refractivity contribution in [2.75, 3.05) is 0 Å². The molecule has 0 saturated heterocycles. The zero-order valence-corrected chi connectivity index (χ0v) is 14.2. The van der Waals surface area contributed by atoms with Crippen molar-refractivity contribution in [3.8, 4) is 0 Å². The van der Waals surface area contributed by atoms with Crippen molar-refractivity contribution in [3.05, 3.63) is 56.8 Å². The zero-order chi connectivity index (χ0) is 16.8. The first-order valence-corrected chi connectivity index (χ1v) is 7.97. The van der Waals surface area contributed by atoms with Crippen molar-refractivity contribution in [3.63, 3.8) is 0 Å². The lowest BCUT2D eigenvalue weighted by Gasteiger charge is -2.15. The number of nitrogens with zero attached hydrogens (tertiary/aromatic N) is 3. The lowest BCUT2D eigenvalue weighted by molar-refractivity contribution is -0.385. The Labute approximate surface area is 142 Å². The van der Waals surface area contributed by atoms with Crippen molar-refractivity contribution in [1.29, 1.82) is 0 Å². The number of carbonyl (C=O) groups is 1. The maximum Gasteiger partial charge on any atom is 0.306 e. The molecule has 0 aliphatic carbocycles. The molecule has 122 valence electrons. The average Bonchev–Trinajstić information content (AvgIpc) is 2.96. The summed E-state index contributed by atoms with van der Waals surface area (Å²) in [7, 11) is 0. The van der Waals surface area contributed by atoms with Crippen LogP contribution in [0.4, 0.5) is 5.69 Å². The van der Waals surface area contributed by atoms with Gasteiger partial charge in [-0.1, -0.05) is 34.1 Å². The van der Waals surface area contributed by atoms with Gasteiger partial charge < -0.3 is 5.32 Å². The maximum atomic E-state index is 12.0. The Kier molecular flexibility index (Phi) is 5.86. The topological polar surface area (TPSA) is 90.1 Å². The van der Waals surface area contributed by atoms with Gasteiger partial charge in [0.05, 0.1) is 11.0 Å². The molecule has 2 aromatic rings. The van der Waals surface area contributed by atoms with Crippen molar-refractivity contribution in [1.82, 2.24) is 15.1 Å². The van der Waals surface area contributed by atoms with Crippen LogP contribution in [-0.2, 0) is 11.3 Å². The second-order valence-corrected chi connectivity index (χ2v) is 5.99. The van der Waals surface area contributed by atoms with Crippen LogP contribution in [0, 0.1) is 10.1 Å². The third-order valence-electron chi connectivity index (χ3n) is 3.37. The molecular weight excluding hydrogens is 364 g/mol. The van der Waals surface area contributed by atoms with Gasteiger partial charge in [-0.2, -0.15) is 5.10 Å². The predicted molar refractivity (Wildman–Crippen MR) is 88.8 cm³/mol. The second-order valence-electron chi connectivity index (χ2n) is 5.13. The summed E-state index contributed by atoms with van der Waals surface area (Å²) in [6, 6.07) is 7.64. The van der Waals surface area contributed by atoms with Gasteiger partial charge in [-0.3, -0.25) is 19.6 Å². The highest BCUT2D eigenvalue weighted by Gasteiger charge is 2.12. The first-order valence-electron chi connectivity index (χ1n) is 7.18. The van der Waals surface area contributed by atoms with E-state index < -0.39 is 4.92 Å². The van der Waals surface area contributed by atoms with E-state index in [1.54, 1.807) is 0 Å². The third kappa shape index (κ3) is 4.88. The normalized spacial score (nSPS) is 11.9. The summed E-state index contributed by atoms with van der Waals surface area (Å²) in [6.45, 7) is 2.39. The molecule has 23 heavy (non-hydrogen) atoms. The second kappa shape index (κ2) is 7.87. The SMILES string of the molecule is CC(NC(=O)CCCn1cc([N+](=O)[O-])cn1)c1ccccc1Br. The fraction of sp³-hybridized carbons (Fsp3) is 0.333. The van der Waals surface area contributed by atoms with Crippen molar-refractivity contribution < 1.29 is 9.72 Å². The molecule has 1 atom stereocenters. The number of aromatic nitrogens is 2. The summed E-state index contributed by atoms with van der Waals surface area (Å²) in [6.07, 6.45) is 3.46. The van der Waals surface area contributed by atoms with E-state index in [2.05, 4.69) is 26.3 Å². The minimum absolute atomic E-state index is 0.0444. The highest BCUT2D eigenvalue weighted by Crippen LogP contribution is 2.22. The summed E-state index contributed by atoms with van der Waals surface area (Å²) >= 11 is 3.47.